The molecule has 0 aromatic heterocycles. The molecule has 0 unspecified atom stereocenters. The van der Waals surface area contributed by atoms with Crippen LogP contribution in [0.25, 0.3) is 0 Å². The number of hydrogen-bond acceptors (Lipinski definition) is 4. The minimum Gasteiger partial charge on any atom is -0.492 e. The topological polar surface area (TPSA) is 36.9 Å². The first-order valence-corrected chi connectivity index (χ1v) is 29.5. The van der Waals surface area contributed by atoms with Gasteiger partial charge in [0, 0.05) is 68.8 Å². The van der Waals surface area contributed by atoms with E-state index in [0.717, 1.165) is 92.4 Å². The van der Waals surface area contributed by atoms with Gasteiger partial charge in [-0.1, -0.05) is 182 Å². The highest BCUT2D eigenvalue weighted by molar-refractivity contribution is 5.64. The van der Waals surface area contributed by atoms with Crippen LogP contribution in [-0.4, -0.2) is 26.4 Å². The molecule has 0 aliphatic heterocycles. The van der Waals surface area contributed by atoms with Crippen molar-refractivity contribution in [2.24, 2.45) is 0 Å². The van der Waals surface area contributed by atoms with Crippen molar-refractivity contribution >= 4 is 0 Å². The molecular weight excluding hydrogens is 1020 g/mol. The van der Waals surface area contributed by atoms with E-state index in [2.05, 4.69) is 254 Å². The molecule has 4 heteroatoms. The van der Waals surface area contributed by atoms with Crippen LogP contribution in [0.3, 0.4) is 0 Å². The van der Waals surface area contributed by atoms with E-state index in [0.29, 0.717) is 71.7 Å². The summed E-state index contributed by atoms with van der Waals surface area (Å²) in [5.41, 5.74) is 13.2. The summed E-state index contributed by atoms with van der Waals surface area (Å²) in [6, 6.07) is 33.0. The fourth-order valence-electron chi connectivity index (χ4n) is 8.63. The van der Waals surface area contributed by atoms with Crippen molar-refractivity contribution in [1.82, 2.24) is 0 Å². The molecule has 0 saturated carbocycles. The first-order chi connectivity index (χ1) is 39.9. The molecule has 0 radical (unpaired) electrons. The lowest BCUT2D eigenvalue weighted by Crippen LogP contribution is -2.11. The highest BCUT2D eigenvalue weighted by Crippen LogP contribution is 2.33. The van der Waals surface area contributed by atoms with Crippen LogP contribution in [0.2, 0.25) is 0 Å². The third-order valence-electron chi connectivity index (χ3n) is 13.5. The number of rotatable bonds is 12. The van der Waals surface area contributed by atoms with Crippen molar-refractivity contribution in [1.29, 1.82) is 0 Å². The van der Waals surface area contributed by atoms with Gasteiger partial charge in [-0.05, 0) is 166 Å². The normalized spacial score (nSPS) is 11.7. The summed E-state index contributed by atoms with van der Waals surface area (Å²) in [6.45, 7) is 36.8. The monoisotopic (exact) mass is 1100 g/mol. The van der Waals surface area contributed by atoms with Crippen LogP contribution in [0, 0.1) is 94.7 Å². The Bertz CT molecular complexity index is 3450. The molecule has 0 atom stereocenters. The van der Waals surface area contributed by atoms with Crippen molar-refractivity contribution in [2.45, 2.75) is 158 Å². The van der Waals surface area contributed by atoms with Gasteiger partial charge in [-0.3, -0.25) is 0 Å². The molecule has 4 nitrogen and oxygen atoms in total. The largest absolute Gasteiger partial charge is 0.492 e. The molecule has 0 N–H and O–H groups in total. The van der Waals surface area contributed by atoms with E-state index >= 15 is 0 Å². The average molecular weight is 1110 g/mol. The van der Waals surface area contributed by atoms with Crippen molar-refractivity contribution in [2.75, 3.05) is 26.4 Å². The smallest absolute Gasteiger partial charge is 0.136 e. The van der Waals surface area contributed by atoms with Crippen LogP contribution in [-0.2, 0) is 21.7 Å². The minimum atomic E-state index is -0.171. The van der Waals surface area contributed by atoms with Crippen LogP contribution >= 0.6 is 0 Å². The summed E-state index contributed by atoms with van der Waals surface area (Å²) in [4.78, 5) is 0. The summed E-state index contributed by atoms with van der Waals surface area (Å²) in [5.74, 6) is 56.4. The Morgan fingerprint density at radius 2 is 0.417 bits per heavy atom. The van der Waals surface area contributed by atoms with E-state index < -0.39 is 0 Å². The maximum atomic E-state index is 6.42. The van der Waals surface area contributed by atoms with Crippen molar-refractivity contribution in [3.63, 3.8) is 0 Å². The second-order valence-corrected chi connectivity index (χ2v) is 25.3. The van der Waals surface area contributed by atoms with Gasteiger partial charge in [0.2, 0.25) is 0 Å². The molecule has 4 aliphatic carbocycles. The first kappa shape index (κ1) is 62.6. The van der Waals surface area contributed by atoms with E-state index in [-0.39, 0.29) is 21.7 Å². The first-order valence-electron chi connectivity index (χ1n) is 29.5. The van der Waals surface area contributed by atoms with Crippen molar-refractivity contribution < 1.29 is 18.9 Å². The lowest BCUT2D eigenvalue weighted by molar-refractivity contribution is 0.307. The third-order valence-corrected chi connectivity index (χ3v) is 13.5. The van der Waals surface area contributed by atoms with E-state index in [1.54, 1.807) is 0 Å². The minimum absolute atomic E-state index is 0.171. The summed E-state index contributed by atoms with van der Waals surface area (Å²) in [7, 11) is 0. The molecule has 0 spiro atoms. The molecule has 6 aromatic rings. The molecule has 0 heterocycles. The zero-order valence-electron chi connectivity index (χ0n) is 52.5. The van der Waals surface area contributed by atoms with Gasteiger partial charge in [0.1, 0.15) is 23.0 Å². The second-order valence-electron chi connectivity index (χ2n) is 25.3. The van der Waals surface area contributed by atoms with Crippen LogP contribution in [0.15, 0.2) is 97.1 Å². The lowest BCUT2D eigenvalue weighted by atomic mass is 9.85. The number of benzene rings is 6. The molecule has 0 saturated heterocycles. The molecular formula is C80H80O4. The molecule has 424 valence electrons. The summed E-state index contributed by atoms with van der Waals surface area (Å²) >= 11 is 0. The highest BCUT2D eigenvalue weighted by Gasteiger charge is 2.20. The lowest BCUT2D eigenvalue weighted by Gasteiger charge is -2.19. The van der Waals surface area contributed by atoms with E-state index in [1.807, 2.05) is 48.5 Å². The van der Waals surface area contributed by atoms with Crippen LogP contribution in [0.1, 0.15) is 225 Å². The van der Waals surface area contributed by atoms with E-state index in [1.165, 1.54) is 0 Å². The van der Waals surface area contributed by atoms with E-state index in [9.17, 15) is 0 Å². The zero-order chi connectivity index (χ0) is 60.7. The van der Waals surface area contributed by atoms with Gasteiger partial charge in [0.05, 0.1) is 48.7 Å². The van der Waals surface area contributed by atoms with Gasteiger partial charge in [0.25, 0.3) is 0 Å². The predicted molar refractivity (Wildman–Crippen MR) is 348 cm³/mol. The van der Waals surface area contributed by atoms with Crippen LogP contribution in [0.5, 0.6) is 23.0 Å². The molecule has 10 rings (SSSR count). The molecule has 4 aliphatic rings. The van der Waals surface area contributed by atoms with Gasteiger partial charge in [-0.25, -0.2) is 0 Å². The van der Waals surface area contributed by atoms with Gasteiger partial charge in [-0.15, -0.1) is 0 Å². The standard InChI is InChI=1S/C80H80O4/c1-17-37-81-73-53-66-34-30-62-42-58(46-70(50-62)78(8,9)10)26-23-24-28-60-44-64(52-72(48-60)80(14,15)16)32-36-68-56-75(83-39-19-3)67(55-76(68)84-40-20-4)35-31-63-43-59(47-71(51-63)79(11,12)13)27-22-21-25-57-41-61(49-69(45-57)77(5,6)7)29-33-65(73)54-74(66)82-38-18-2/h41-56H,17-20,37-40H2,1-16H3. The van der Waals surface area contributed by atoms with Gasteiger partial charge < -0.3 is 18.9 Å². The quantitative estimate of drug-likeness (QED) is 0.114. The van der Waals surface area contributed by atoms with Crippen molar-refractivity contribution in [3.05, 3.63) is 186 Å². The van der Waals surface area contributed by atoms with Gasteiger partial charge >= 0.3 is 0 Å². The fourth-order valence-corrected chi connectivity index (χ4v) is 8.63. The Morgan fingerprint density at radius 1 is 0.238 bits per heavy atom. The second kappa shape index (κ2) is 27.8. The third kappa shape index (κ3) is 18.0. The Morgan fingerprint density at radius 3 is 0.583 bits per heavy atom. The summed E-state index contributed by atoms with van der Waals surface area (Å²) < 4.78 is 25.7. The van der Waals surface area contributed by atoms with Crippen LogP contribution < -0.4 is 18.9 Å². The maximum absolute atomic E-state index is 6.42. The van der Waals surface area contributed by atoms with Gasteiger partial charge in [0.15, 0.2) is 0 Å². The zero-order valence-corrected chi connectivity index (χ0v) is 52.5. The fraction of sp³-hybridized carbons (Fsp3) is 0.350. The number of ether oxygens (including phenoxy) is 4. The molecule has 12 bridgehead atoms. The van der Waals surface area contributed by atoms with Gasteiger partial charge in [-0.2, -0.15) is 0 Å². The van der Waals surface area contributed by atoms with Crippen LogP contribution in [0.4, 0.5) is 0 Å². The Labute approximate surface area is 504 Å². The molecule has 6 aromatic carbocycles. The SMILES string of the molecule is CCCOc1cc2c(OCCC)cc1C#Cc1cc(cc(C(C)(C)C)c1)C#CC#Cc1cc(cc(C(C)(C)C)c1)C#Cc1cc(OCCC)c(cc1OCCC)C#Cc1cc(cc(C(C)(C)C)c1)C#CC#Cc1cc(cc(C(C)(C)C)c1)C#C2. The summed E-state index contributed by atoms with van der Waals surface area (Å²) in [6.07, 6.45) is 3.30. The summed E-state index contributed by atoms with van der Waals surface area (Å²) in [5, 5.41) is 0. The Kier molecular flexibility index (Phi) is 20.8. The predicted octanol–water partition coefficient (Wildman–Crippen LogP) is 16.8. The van der Waals surface area contributed by atoms with Crippen molar-refractivity contribution in [3.8, 4) is 118 Å². The molecule has 0 amide bonds. The number of hydrogen-bond donors (Lipinski definition) is 0. The highest BCUT2D eigenvalue weighted by atomic mass is 16.5. The molecule has 0 fully saturated rings. The Balaban J connectivity index is 1.48. The maximum Gasteiger partial charge on any atom is 0.136 e. The molecule has 84 heavy (non-hydrogen) atoms. The average Bonchev–Trinajstić information content (AvgIpc) is 3.38. The van der Waals surface area contributed by atoms with E-state index in [4.69, 9.17) is 18.9 Å². The Hall–Kier alpha value is -9.00.